The van der Waals surface area contributed by atoms with Crippen molar-refractivity contribution in [3.05, 3.63) is 67.4 Å². The van der Waals surface area contributed by atoms with Crippen molar-refractivity contribution in [2.24, 2.45) is 7.05 Å². The number of carboxylic acids is 1. The van der Waals surface area contributed by atoms with Crippen molar-refractivity contribution in [3.63, 3.8) is 0 Å². The van der Waals surface area contributed by atoms with Crippen molar-refractivity contribution in [1.82, 2.24) is 14.3 Å². The van der Waals surface area contributed by atoms with E-state index in [2.05, 4.69) is 10.8 Å². The number of carboxylic acid groups (broad SMARTS) is 1. The number of fused-ring (bicyclic) bond motifs is 1. The number of pyridine rings is 1. The molecule has 29 heavy (non-hydrogen) atoms. The minimum absolute atomic E-state index is 0.197. The third kappa shape index (κ3) is 3.79. The smallest absolute Gasteiger partial charge is 0.323 e. The summed E-state index contributed by atoms with van der Waals surface area (Å²) in [5.41, 5.74) is 5.03. The molecule has 0 bridgehead atoms. The number of rotatable bonds is 5. The molecule has 8 nitrogen and oxygen atoms in total. The molecule has 0 spiro atoms. The number of carbonyl (C=O) groups is 1. The summed E-state index contributed by atoms with van der Waals surface area (Å²) in [4.78, 5) is 38.6. The number of benzene rings is 1. The Morgan fingerprint density at radius 2 is 1.83 bits per heavy atom. The topological polar surface area (TPSA) is 100 Å². The van der Waals surface area contributed by atoms with E-state index < -0.39 is 18.1 Å². The third-order valence-electron chi connectivity index (χ3n) is 4.73. The first-order valence-electron chi connectivity index (χ1n) is 8.94. The van der Waals surface area contributed by atoms with Gasteiger partial charge in [-0.1, -0.05) is 12.1 Å². The number of aromatic nitrogens is 3. The maximum absolute atomic E-state index is 12.9. The maximum atomic E-state index is 12.9. The highest BCUT2D eigenvalue weighted by Crippen LogP contribution is 2.16. The first-order chi connectivity index (χ1) is 13.7. The number of nitrogens with zero attached hydrogens (tertiary/aromatic N) is 3. The Bertz CT molecular complexity index is 1270. The predicted molar refractivity (Wildman–Crippen MR) is 113 cm³/mol. The van der Waals surface area contributed by atoms with Gasteiger partial charge in [0.25, 0.3) is 11.1 Å². The van der Waals surface area contributed by atoms with Gasteiger partial charge in [-0.2, -0.15) is 0 Å². The molecule has 0 unspecified atom stereocenters. The summed E-state index contributed by atoms with van der Waals surface area (Å²) in [6.07, 6.45) is 3.21. The molecule has 2 N–H and O–H groups in total. The van der Waals surface area contributed by atoms with Gasteiger partial charge in [0.05, 0.1) is 10.9 Å². The van der Waals surface area contributed by atoms with E-state index in [0.717, 1.165) is 15.8 Å². The number of hydrogen-bond donors (Lipinski definition) is 2. The van der Waals surface area contributed by atoms with Crippen molar-refractivity contribution in [3.8, 4) is 0 Å². The molecule has 1 aromatic carbocycles. The SMILES string of the molecule is Cc1c(C=C=Cc2ccc(N(C)C)cc2)c(=O)n(CC(=O)O)c2[nH]n(C)c(=O)c12. The maximum Gasteiger partial charge on any atom is 0.323 e. The van der Waals surface area contributed by atoms with Crippen LogP contribution in [0.5, 0.6) is 0 Å². The monoisotopic (exact) mass is 394 g/mol. The standard InChI is InChI=1S/C21H22N4O4/c1-13-16(7-5-6-14-8-10-15(11-9-14)23(2)3)20(28)25(12-17(26)27)19-18(13)21(29)24(4)22-19/h6-11,22H,12H2,1-4H3,(H,26,27). The Morgan fingerprint density at radius 3 is 2.41 bits per heavy atom. The summed E-state index contributed by atoms with van der Waals surface area (Å²) in [6, 6.07) is 7.79. The van der Waals surface area contributed by atoms with Crippen LogP contribution in [0, 0.1) is 6.92 Å². The summed E-state index contributed by atoms with van der Waals surface area (Å²) >= 11 is 0. The Morgan fingerprint density at radius 1 is 1.17 bits per heavy atom. The van der Waals surface area contributed by atoms with Crippen LogP contribution in [0.4, 0.5) is 5.69 Å². The first-order valence-corrected chi connectivity index (χ1v) is 8.94. The lowest BCUT2D eigenvalue weighted by atomic mass is 10.1. The highest BCUT2D eigenvalue weighted by Gasteiger charge is 2.19. The van der Waals surface area contributed by atoms with Crippen LogP contribution in [0.2, 0.25) is 0 Å². The minimum atomic E-state index is -1.17. The molecular weight excluding hydrogens is 372 g/mol. The van der Waals surface area contributed by atoms with Gasteiger partial charge < -0.3 is 10.0 Å². The van der Waals surface area contributed by atoms with E-state index in [9.17, 15) is 19.5 Å². The number of anilines is 1. The number of aliphatic carboxylic acids is 1. The average molecular weight is 394 g/mol. The van der Waals surface area contributed by atoms with E-state index in [1.165, 1.54) is 17.8 Å². The van der Waals surface area contributed by atoms with Crippen LogP contribution in [0.15, 0.2) is 39.6 Å². The van der Waals surface area contributed by atoms with E-state index in [0.29, 0.717) is 5.56 Å². The fraction of sp³-hybridized carbons (Fsp3) is 0.238. The summed E-state index contributed by atoms with van der Waals surface area (Å²) in [6.45, 7) is 1.12. The number of aromatic amines is 1. The number of hydrogen-bond acceptors (Lipinski definition) is 4. The minimum Gasteiger partial charge on any atom is -0.480 e. The summed E-state index contributed by atoms with van der Waals surface area (Å²) in [5.74, 6) is -1.17. The van der Waals surface area contributed by atoms with Crippen LogP contribution in [0.1, 0.15) is 16.7 Å². The lowest BCUT2D eigenvalue weighted by Gasteiger charge is -2.11. The average Bonchev–Trinajstić information content (AvgIpc) is 2.96. The fourth-order valence-electron chi connectivity index (χ4n) is 3.16. The van der Waals surface area contributed by atoms with Crippen molar-refractivity contribution < 1.29 is 9.90 Å². The predicted octanol–water partition coefficient (Wildman–Crippen LogP) is 1.81. The van der Waals surface area contributed by atoms with Crippen LogP contribution in [0.3, 0.4) is 0 Å². The molecule has 0 aliphatic carbocycles. The fourth-order valence-corrected chi connectivity index (χ4v) is 3.16. The van der Waals surface area contributed by atoms with Crippen LogP contribution in [0.25, 0.3) is 23.2 Å². The van der Waals surface area contributed by atoms with Crippen LogP contribution in [-0.2, 0) is 18.4 Å². The quantitative estimate of drug-likeness (QED) is 0.643. The second-order valence-corrected chi connectivity index (χ2v) is 6.96. The largest absolute Gasteiger partial charge is 0.480 e. The van der Waals surface area contributed by atoms with Gasteiger partial charge in [-0.25, -0.2) is 0 Å². The molecule has 0 atom stereocenters. The summed E-state index contributed by atoms with van der Waals surface area (Å²) < 4.78 is 2.29. The number of H-pyrrole nitrogens is 1. The molecule has 0 saturated heterocycles. The Balaban J connectivity index is 2.14. The molecule has 8 heteroatoms. The second kappa shape index (κ2) is 7.69. The molecule has 3 rings (SSSR count). The lowest BCUT2D eigenvalue weighted by Crippen LogP contribution is -2.27. The molecule has 3 aromatic rings. The van der Waals surface area contributed by atoms with E-state index in [1.807, 2.05) is 43.3 Å². The number of aryl methyl sites for hydroxylation is 2. The highest BCUT2D eigenvalue weighted by atomic mass is 16.4. The Kier molecular flexibility index (Phi) is 5.30. The van der Waals surface area contributed by atoms with Crippen LogP contribution in [-0.4, -0.2) is 39.5 Å². The van der Waals surface area contributed by atoms with Crippen LogP contribution >= 0.6 is 0 Å². The lowest BCUT2D eigenvalue weighted by molar-refractivity contribution is -0.137. The molecule has 0 fully saturated rings. The van der Waals surface area contributed by atoms with Crippen molar-refractivity contribution in [1.29, 1.82) is 0 Å². The van der Waals surface area contributed by atoms with Crippen molar-refractivity contribution in [2.75, 3.05) is 19.0 Å². The second-order valence-electron chi connectivity index (χ2n) is 6.96. The van der Waals surface area contributed by atoms with Gasteiger partial charge in [0, 0.05) is 26.8 Å². The van der Waals surface area contributed by atoms with Gasteiger partial charge in [-0.15, -0.1) is 5.73 Å². The van der Waals surface area contributed by atoms with E-state index in [4.69, 9.17) is 0 Å². The molecule has 2 heterocycles. The van der Waals surface area contributed by atoms with Crippen molar-refractivity contribution >= 4 is 34.8 Å². The molecule has 0 saturated carbocycles. The van der Waals surface area contributed by atoms with Gasteiger partial charge in [-0.05, 0) is 42.3 Å². The highest BCUT2D eigenvalue weighted by molar-refractivity contribution is 5.83. The zero-order valence-electron chi connectivity index (χ0n) is 16.7. The molecule has 0 radical (unpaired) electrons. The van der Waals surface area contributed by atoms with E-state index in [-0.39, 0.29) is 22.2 Å². The Hall–Kier alpha value is -3.77. The van der Waals surface area contributed by atoms with E-state index in [1.54, 1.807) is 13.0 Å². The summed E-state index contributed by atoms with van der Waals surface area (Å²) in [7, 11) is 5.43. The molecule has 0 amide bonds. The molecule has 0 aliphatic heterocycles. The van der Waals surface area contributed by atoms with Gasteiger partial charge in [0.2, 0.25) is 0 Å². The molecule has 150 valence electrons. The first kappa shape index (κ1) is 20.0. The zero-order chi connectivity index (χ0) is 21.3. The molecule has 2 aromatic heterocycles. The normalized spacial score (nSPS) is 10.6. The molecule has 0 aliphatic rings. The number of nitrogens with one attached hydrogen (secondary N) is 1. The summed E-state index contributed by atoms with van der Waals surface area (Å²) in [5, 5.41) is 12.2. The third-order valence-corrected chi connectivity index (χ3v) is 4.73. The Labute approximate surface area is 166 Å². The van der Waals surface area contributed by atoms with Gasteiger partial charge in [-0.3, -0.25) is 28.7 Å². The van der Waals surface area contributed by atoms with Crippen LogP contribution < -0.4 is 16.0 Å². The van der Waals surface area contributed by atoms with E-state index >= 15 is 0 Å². The van der Waals surface area contributed by atoms with Crippen molar-refractivity contribution in [2.45, 2.75) is 13.5 Å². The van der Waals surface area contributed by atoms with Gasteiger partial charge >= 0.3 is 5.97 Å². The van der Waals surface area contributed by atoms with Gasteiger partial charge in [0.1, 0.15) is 12.2 Å². The zero-order valence-corrected chi connectivity index (χ0v) is 16.7. The molecular formula is C21H22N4O4. The van der Waals surface area contributed by atoms with Gasteiger partial charge in [0.15, 0.2) is 0 Å².